The number of alkyl halides is 1. The van der Waals surface area contributed by atoms with Gasteiger partial charge < -0.3 is 103 Å². The van der Waals surface area contributed by atoms with Crippen molar-refractivity contribution in [2.45, 2.75) is 83.5 Å². The predicted molar refractivity (Wildman–Crippen MR) is 507 cm³/mol. The van der Waals surface area contributed by atoms with Crippen LogP contribution in [-0.4, -0.2) is 189 Å². The molecule has 3 aromatic carbocycles. The molecule has 41 heteroatoms. The first-order chi connectivity index (χ1) is 65.3. The molecular weight excluding hydrogens is 1780 g/mol. The van der Waals surface area contributed by atoms with E-state index < -0.39 is 41.4 Å². The Morgan fingerprint density at radius 1 is 0.401 bits per heavy atom. The van der Waals surface area contributed by atoms with Gasteiger partial charge in [-0.15, -0.1) is 11.6 Å². The maximum absolute atomic E-state index is 14.1. The van der Waals surface area contributed by atoms with E-state index in [1.165, 1.54) is 86.0 Å². The average Bonchev–Trinajstić information content (AvgIpc) is 1.60. The third kappa shape index (κ3) is 21.5. The van der Waals surface area contributed by atoms with E-state index in [4.69, 9.17) is 11.6 Å². The van der Waals surface area contributed by atoms with Gasteiger partial charge in [0.1, 0.15) is 40.1 Å². The van der Waals surface area contributed by atoms with Crippen LogP contribution in [0.5, 0.6) is 5.75 Å². The Labute approximate surface area is 787 Å². The van der Waals surface area contributed by atoms with Crippen molar-refractivity contribution < 1.29 is 77.0 Å². The first kappa shape index (κ1) is 94.9. The van der Waals surface area contributed by atoms with Gasteiger partial charge in [0.25, 0.3) is 41.4 Å². The molecule has 40 nitrogen and oxygen atoms in total. The molecule has 11 aromatic heterocycles. The van der Waals surface area contributed by atoms with E-state index in [1.807, 2.05) is 42.5 Å². The number of hydrogen-bond donors (Lipinski definition) is 10. The summed E-state index contributed by atoms with van der Waals surface area (Å²) >= 11 is 6.45. The monoisotopic (exact) mass is 1880 g/mol. The molecule has 0 radical (unpaired) electrons. The lowest BCUT2D eigenvalue weighted by Crippen LogP contribution is -2.30. The highest BCUT2D eigenvalue weighted by atomic mass is 35.5. The maximum Gasteiger partial charge on any atom is 0.292 e. The lowest BCUT2D eigenvalue weighted by molar-refractivity contribution is -0.119. The molecule has 0 aliphatic carbocycles. The molecule has 0 saturated carbocycles. The number of anilines is 7. The van der Waals surface area contributed by atoms with E-state index in [0.29, 0.717) is 91.1 Å². The summed E-state index contributed by atoms with van der Waals surface area (Å²) in [5, 5.41) is 34.6. The fourth-order valence-corrected chi connectivity index (χ4v) is 17.3. The predicted octanol–water partition coefficient (Wildman–Crippen LogP) is 9.46. The highest BCUT2D eigenvalue weighted by Crippen LogP contribution is 2.46. The van der Waals surface area contributed by atoms with Crippen LogP contribution >= 0.6 is 11.6 Å². The number of halogens is 1. The van der Waals surface area contributed by atoms with Crippen LogP contribution in [0.15, 0.2) is 153 Å². The number of H-pyrrole nitrogens is 1. The van der Waals surface area contributed by atoms with Gasteiger partial charge in [-0.3, -0.25) is 71.9 Å². The van der Waals surface area contributed by atoms with E-state index >= 15 is 0 Å². The number of phenols is 1. The molecule has 15 rings (SSSR count). The first-order valence-corrected chi connectivity index (χ1v) is 44.3. The van der Waals surface area contributed by atoms with Gasteiger partial charge in [0.05, 0.1) is 51.9 Å². The van der Waals surface area contributed by atoms with Crippen LogP contribution in [0.3, 0.4) is 0 Å². The summed E-state index contributed by atoms with van der Waals surface area (Å²) in [6, 6.07) is 25.8. The number of benzene rings is 3. The van der Waals surface area contributed by atoms with Gasteiger partial charge in [-0.25, -0.2) is 19.9 Å². The molecule has 0 bridgehead atoms. The zero-order chi connectivity index (χ0) is 97.8. The number of aromatic amines is 1. The second-order valence-corrected chi connectivity index (χ2v) is 34.5. The Hall–Kier alpha value is -16.7. The number of rotatable bonds is 39. The lowest BCUT2D eigenvalue weighted by atomic mass is 9.95. The SMILES string of the molecule is CC(=O)Nc1cc(C(=O)Nc2cc(C(=O)Nc3cn(C)c(C(=O)Nc4cc(C(=O)NCCC(=O)Nc5cn(C)c(C(=O)Nc6cn(C)c(C(=O)NCCCC(=O)Cc7cc(C(=O)Cc8cc(C(=O)CCCC(=O)Cc9cn(C)c(C(=O)Cc%10cc(C(=O)Cc%11ccc%12cc(C(=O)N%13CC(CCl)c%14c%13cc(O)c%13ccccc%14%13)[nH]c%12c%11)n(C)c%10)n9)n(C)c8)n(C)c7)n6)n5)n(C)c4)n3)n(C)c2)n(C)c1. The van der Waals surface area contributed by atoms with Crippen LogP contribution in [0.4, 0.5) is 40.2 Å². The van der Waals surface area contributed by atoms with Crippen LogP contribution in [0.2, 0.25) is 0 Å². The highest BCUT2D eigenvalue weighted by Gasteiger charge is 2.37. The molecule has 706 valence electrons. The normalized spacial score (nSPS) is 12.3. The molecule has 0 fully saturated rings. The molecule has 1 aliphatic rings. The lowest BCUT2D eigenvalue weighted by Gasteiger charge is -2.17. The second kappa shape index (κ2) is 40.0. The molecule has 0 spiro atoms. The van der Waals surface area contributed by atoms with Crippen molar-refractivity contribution in [2.75, 3.05) is 62.3 Å². The number of imidazole rings is 4. The zero-order valence-corrected chi connectivity index (χ0v) is 77.5. The summed E-state index contributed by atoms with van der Waals surface area (Å²) in [7, 11) is 16.3. The number of carbonyl (C=O) groups excluding carboxylic acids is 15. The van der Waals surface area contributed by atoms with Crippen LogP contribution < -0.4 is 47.4 Å². The number of aromatic hydroxyl groups is 1. The van der Waals surface area contributed by atoms with Crippen LogP contribution in [0.1, 0.15) is 201 Å². The highest BCUT2D eigenvalue weighted by molar-refractivity contribution is 6.20. The van der Waals surface area contributed by atoms with Crippen molar-refractivity contribution in [3.05, 3.63) is 250 Å². The summed E-state index contributed by atoms with van der Waals surface area (Å²) in [6.45, 7) is 1.69. The number of hydrogen-bond acceptors (Lipinski definition) is 20. The topological polar surface area (TPSA) is 492 Å². The van der Waals surface area contributed by atoms with Crippen molar-refractivity contribution in [1.82, 2.24) is 81.2 Å². The summed E-state index contributed by atoms with van der Waals surface area (Å²) < 4.78 is 15.2. The zero-order valence-electron chi connectivity index (χ0n) is 76.8. The summed E-state index contributed by atoms with van der Waals surface area (Å²) in [6.07, 6.45) is 16.1. The number of nitrogens with one attached hydrogen (secondary N) is 9. The number of aryl methyl sites for hydroxylation is 10. The van der Waals surface area contributed by atoms with Gasteiger partial charge in [0.2, 0.25) is 35.1 Å². The van der Waals surface area contributed by atoms with E-state index in [0.717, 1.165) is 16.3 Å². The molecule has 12 heterocycles. The van der Waals surface area contributed by atoms with E-state index in [2.05, 4.69) is 67.5 Å². The molecule has 0 saturated heterocycles. The quantitative estimate of drug-likeness (QED) is 0.00973. The van der Waals surface area contributed by atoms with Crippen molar-refractivity contribution in [3.8, 4) is 5.75 Å². The number of phenolic OH excluding ortho intramolecular Hbond substituents is 1. The van der Waals surface area contributed by atoms with Crippen LogP contribution in [0.25, 0.3) is 21.7 Å². The van der Waals surface area contributed by atoms with E-state index in [9.17, 15) is 77.0 Å². The van der Waals surface area contributed by atoms with Crippen molar-refractivity contribution in [3.63, 3.8) is 0 Å². The molecule has 10 N–H and O–H groups in total. The molecule has 1 atom stereocenters. The van der Waals surface area contributed by atoms with Gasteiger partial charge in [-0.1, -0.05) is 36.4 Å². The average molecular weight is 1880 g/mol. The molecular formula is C96H99ClN24O16. The Bertz CT molecular complexity index is 7280. The van der Waals surface area contributed by atoms with Crippen molar-refractivity contribution in [1.29, 1.82) is 0 Å². The molecule has 9 amide bonds. The van der Waals surface area contributed by atoms with E-state index in [1.54, 1.807) is 152 Å². The van der Waals surface area contributed by atoms with Crippen LogP contribution in [0, 0.1) is 0 Å². The standard InChI is InChI=1S/C96H99ClN24O16/c1-52(122)100-60-36-74(115(6)45-60)91(132)102-61-38-75(116(7)46-61)92(133)109-82-50-120(11)88(108-82)94(135)103-62-37-73(114(5)47-62)90(131)99-25-23-84(130)105-81-49-119(10)89(106-81)95(136)110-83-51-118(9)87(107-83)93(134)98-24-15-17-63(123)26-54-28-70(112(3)41-54)79(128)32-55-29-69(111(2)42-55)76(125)20-14-16-64(124)35-59-48-117(8)86(101-59)80(129)33-56-30-71(113(4)43-56)78(127)31-53-21-22-57-34-68(104-67(57)27-53)96(137)121-44-58(40-97)85-66-19-13-12-18-65(66)77(126)39-72(85)121/h12-13,18-19,21-22,27-30,34,36-39,41-43,45-51,58,104,126H,14-17,20,23-26,31-33,35,40,44H2,1-11H3,(H,98,134)(H,99,131)(H,100,122)(H,102,132)(H,103,135)(H,105,130)(H,109,133)(H,110,136). The van der Waals surface area contributed by atoms with Gasteiger partial charge in [-0.2, -0.15) is 0 Å². The minimum Gasteiger partial charge on any atom is -0.507 e. The third-order valence-corrected chi connectivity index (χ3v) is 23.9. The minimum absolute atomic E-state index is 0.0171. The smallest absolute Gasteiger partial charge is 0.292 e. The number of fused-ring (bicyclic) bond motifs is 4. The maximum atomic E-state index is 14.1. The number of amides is 9. The summed E-state index contributed by atoms with van der Waals surface area (Å²) in [5.74, 6) is -5.79. The van der Waals surface area contributed by atoms with Crippen molar-refractivity contribution in [2.24, 2.45) is 70.5 Å². The van der Waals surface area contributed by atoms with Gasteiger partial charge in [0, 0.05) is 245 Å². The summed E-state index contributed by atoms with van der Waals surface area (Å²) in [4.78, 5) is 222. The number of Topliss-reactive ketones (excluding diaryl/α,β-unsaturated/α-hetero) is 6. The Morgan fingerprint density at radius 3 is 1.47 bits per heavy atom. The number of aromatic nitrogens is 15. The Morgan fingerprint density at radius 2 is 0.876 bits per heavy atom. The van der Waals surface area contributed by atoms with Gasteiger partial charge in [-0.05, 0) is 94.6 Å². The molecule has 1 unspecified atom stereocenters. The van der Waals surface area contributed by atoms with Crippen LogP contribution in [-0.2, 0) is 122 Å². The minimum atomic E-state index is -0.718. The first-order valence-electron chi connectivity index (χ1n) is 43.7. The molecule has 1 aliphatic heterocycles. The second-order valence-electron chi connectivity index (χ2n) is 34.2. The fraction of sp³-hybridized carbons (Fsp3) is 0.281. The van der Waals surface area contributed by atoms with Gasteiger partial charge in [0.15, 0.2) is 40.6 Å². The third-order valence-electron chi connectivity index (χ3n) is 23.5. The van der Waals surface area contributed by atoms with E-state index in [-0.39, 0.29) is 205 Å². The number of carbonyl (C=O) groups is 15. The molecule has 14 aromatic rings. The molecule has 137 heavy (non-hydrogen) atoms. The van der Waals surface area contributed by atoms with Gasteiger partial charge >= 0.3 is 0 Å². The Balaban J connectivity index is 0.440. The number of ketones is 6. The number of nitrogens with zero attached hydrogens (tertiary/aromatic N) is 15. The fourth-order valence-electron chi connectivity index (χ4n) is 17.1. The Kier molecular flexibility index (Phi) is 27.7. The summed E-state index contributed by atoms with van der Waals surface area (Å²) in [5.41, 5.74) is 8.10. The van der Waals surface area contributed by atoms with Crippen molar-refractivity contribution >= 4 is 161 Å². The largest absolute Gasteiger partial charge is 0.507 e.